The van der Waals surface area contributed by atoms with Gasteiger partial charge in [-0.25, -0.2) is 4.98 Å². The zero-order valence-electron chi connectivity index (χ0n) is 13.9. The van der Waals surface area contributed by atoms with Crippen molar-refractivity contribution in [3.05, 3.63) is 52.0 Å². The molecule has 1 unspecified atom stereocenters. The van der Waals surface area contributed by atoms with Gasteiger partial charge in [0.2, 0.25) is 5.91 Å². The summed E-state index contributed by atoms with van der Waals surface area (Å²) in [6, 6.07) is 7.54. The largest absolute Gasteiger partial charge is 0.487 e. The van der Waals surface area contributed by atoms with Crippen molar-refractivity contribution >= 4 is 23.3 Å². The Kier molecular flexibility index (Phi) is 6.96. The molecule has 0 radical (unpaired) electrons. The van der Waals surface area contributed by atoms with Gasteiger partial charge in [-0.05, 0) is 25.0 Å². The lowest BCUT2D eigenvalue weighted by Crippen LogP contribution is -2.27. The van der Waals surface area contributed by atoms with Gasteiger partial charge >= 0.3 is 0 Å². The Morgan fingerprint density at radius 2 is 2.25 bits per heavy atom. The second kappa shape index (κ2) is 9.20. The number of thiazole rings is 1. The predicted molar refractivity (Wildman–Crippen MR) is 95.9 cm³/mol. The van der Waals surface area contributed by atoms with E-state index >= 15 is 0 Å². The Balaban J connectivity index is 1.95. The van der Waals surface area contributed by atoms with Crippen molar-refractivity contribution in [3.63, 3.8) is 0 Å². The summed E-state index contributed by atoms with van der Waals surface area (Å²) in [5.74, 6) is 0.552. The molecule has 1 aromatic carbocycles. The van der Waals surface area contributed by atoms with Gasteiger partial charge in [-0.1, -0.05) is 25.1 Å². The van der Waals surface area contributed by atoms with Gasteiger partial charge in [0.1, 0.15) is 12.4 Å². The molecule has 1 amide bonds. The molecule has 0 aliphatic rings. The third kappa shape index (κ3) is 5.79. The molecule has 1 heterocycles. The summed E-state index contributed by atoms with van der Waals surface area (Å²) in [4.78, 5) is 16.2. The van der Waals surface area contributed by atoms with Gasteiger partial charge in [0.05, 0.1) is 10.7 Å². The number of rotatable bonds is 8. The fourth-order valence-corrected chi connectivity index (χ4v) is 2.54. The van der Waals surface area contributed by atoms with E-state index in [1.807, 2.05) is 43.5 Å². The molecular formula is C18H22N2O3S. The molecule has 24 heavy (non-hydrogen) atoms. The van der Waals surface area contributed by atoms with Crippen LogP contribution in [0.4, 0.5) is 0 Å². The average molecular weight is 346 g/mol. The van der Waals surface area contributed by atoms with Crippen molar-refractivity contribution in [2.45, 2.75) is 20.5 Å². The van der Waals surface area contributed by atoms with E-state index < -0.39 is 0 Å². The van der Waals surface area contributed by atoms with E-state index in [0.717, 1.165) is 16.3 Å². The fraction of sp³-hybridized carbons (Fsp3) is 0.333. The van der Waals surface area contributed by atoms with Gasteiger partial charge < -0.3 is 15.2 Å². The van der Waals surface area contributed by atoms with E-state index in [0.29, 0.717) is 18.9 Å². The number of benzene rings is 1. The highest BCUT2D eigenvalue weighted by molar-refractivity contribution is 7.09. The summed E-state index contributed by atoms with van der Waals surface area (Å²) in [7, 11) is 0. The summed E-state index contributed by atoms with van der Waals surface area (Å²) < 4.78 is 5.81. The summed E-state index contributed by atoms with van der Waals surface area (Å²) in [6.07, 6.45) is 3.19. The van der Waals surface area contributed by atoms with Gasteiger partial charge in [0.15, 0.2) is 0 Å². The predicted octanol–water partition coefficient (Wildman–Crippen LogP) is 2.79. The van der Waals surface area contributed by atoms with E-state index in [-0.39, 0.29) is 18.4 Å². The van der Waals surface area contributed by atoms with E-state index in [2.05, 4.69) is 10.3 Å². The van der Waals surface area contributed by atoms with E-state index in [9.17, 15) is 4.79 Å². The first kappa shape index (κ1) is 18.2. The lowest BCUT2D eigenvalue weighted by molar-refractivity contribution is -0.116. The molecule has 0 spiro atoms. The number of ether oxygens (including phenoxy) is 1. The zero-order valence-corrected chi connectivity index (χ0v) is 14.7. The second-order valence-corrected chi connectivity index (χ2v) is 6.61. The number of carbonyl (C=O) groups excluding carboxylic acids is 1. The Bertz CT molecular complexity index is 697. The van der Waals surface area contributed by atoms with Gasteiger partial charge in [0.25, 0.3) is 0 Å². The molecule has 128 valence electrons. The van der Waals surface area contributed by atoms with Gasteiger partial charge in [-0.15, -0.1) is 11.3 Å². The molecule has 0 saturated carbocycles. The van der Waals surface area contributed by atoms with Crippen molar-refractivity contribution in [2.75, 3.05) is 13.2 Å². The molecule has 0 aliphatic heterocycles. The number of aryl methyl sites for hydroxylation is 1. The number of aliphatic hydroxyl groups is 1. The second-order valence-electron chi connectivity index (χ2n) is 5.55. The monoisotopic (exact) mass is 346 g/mol. The molecule has 2 N–H and O–H groups in total. The molecule has 2 aromatic rings. The van der Waals surface area contributed by atoms with Crippen molar-refractivity contribution in [2.24, 2.45) is 5.92 Å². The van der Waals surface area contributed by atoms with E-state index in [1.54, 1.807) is 17.4 Å². The highest BCUT2D eigenvalue weighted by atomic mass is 32.1. The highest BCUT2D eigenvalue weighted by Crippen LogP contribution is 2.21. The average Bonchev–Trinajstić information content (AvgIpc) is 3.02. The molecule has 6 heteroatoms. The first-order valence-corrected chi connectivity index (χ1v) is 8.66. The molecular weight excluding hydrogens is 324 g/mol. The van der Waals surface area contributed by atoms with Crippen LogP contribution in [0, 0.1) is 12.8 Å². The van der Waals surface area contributed by atoms with Crippen molar-refractivity contribution < 1.29 is 14.6 Å². The summed E-state index contributed by atoms with van der Waals surface area (Å²) in [5.41, 5.74) is 1.72. The zero-order chi connectivity index (χ0) is 17.4. The van der Waals surface area contributed by atoms with Gasteiger partial charge in [-0.3, -0.25) is 4.79 Å². The molecule has 0 saturated heterocycles. The first-order chi connectivity index (χ1) is 11.6. The van der Waals surface area contributed by atoms with Crippen LogP contribution in [0.5, 0.6) is 5.75 Å². The number of hydrogen-bond donors (Lipinski definition) is 2. The van der Waals surface area contributed by atoms with Crippen LogP contribution < -0.4 is 10.1 Å². The van der Waals surface area contributed by atoms with E-state index in [4.69, 9.17) is 9.84 Å². The normalized spacial score (nSPS) is 12.3. The maximum atomic E-state index is 11.8. The SMILES string of the molecule is Cc1nc(COc2ccccc2/C=C/C(=O)NCC(C)CO)cs1. The lowest BCUT2D eigenvalue weighted by Gasteiger charge is -2.09. The molecule has 1 aromatic heterocycles. The number of amides is 1. The van der Waals surface area contributed by atoms with Crippen LogP contribution in [0.1, 0.15) is 23.2 Å². The van der Waals surface area contributed by atoms with Crippen LogP contribution in [0.2, 0.25) is 0 Å². The minimum atomic E-state index is -0.194. The topological polar surface area (TPSA) is 71.5 Å². The van der Waals surface area contributed by atoms with Crippen LogP contribution in [0.25, 0.3) is 6.08 Å². The van der Waals surface area contributed by atoms with Crippen LogP contribution in [0.3, 0.4) is 0 Å². The molecule has 0 fully saturated rings. The Labute approximate surface area is 146 Å². The quantitative estimate of drug-likeness (QED) is 0.721. The number of carbonyl (C=O) groups is 1. The lowest BCUT2D eigenvalue weighted by atomic mass is 10.2. The minimum Gasteiger partial charge on any atom is -0.487 e. The maximum absolute atomic E-state index is 11.8. The Hall–Kier alpha value is -2.18. The van der Waals surface area contributed by atoms with E-state index in [1.165, 1.54) is 6.08 Å². The molecule has 5 nitrogen and oxygen atoms in total. The van der Waals surface area contributed by atoms with Gasteiger partial charge in [0, 0.05) is 30.2 Å². The van der Waals surface area contributed by atoms with Crippen LogP contribution >= 0.6 is 11.3 Å². The van der Waals surface area contributed by atoms with Crippen LogP contribution in [-0.4, -0.2) is 29.1 Å². The number of aliphatic hydroxyl groups excluding tert-OH is 1. The summed E-state index contributed by atoms with van der Waals surface area (Å²) in [6.45, 7) is 4.72. The number of nitrogens with zero attached hydrogens (tertiary/aromatic N) is 1. The standard InChI is InChI=1S/C18H22N2O3S/c1-13(10-21)9-19-18(22)8-7-15-5-3-4-6-17(15)23-11-16-12-24-14(2)20-16/h3-8,12-13,21H,9-11H2,1-2H3,(H,19,22)/b8-7+. The Morgan fingerprint density at radius 3 is 2.96 bits per heavy atom. The third-order valence-corrected chi connectivity index (χ3v) is 4.13. The van der Waals surface area contributed by atoms with Crippen molar-refractivity contribution in [1.82, 2.24) is 10.3 Å². The summed E-state index contributed by atoms with van der Waals surface area (Å²) >= 11 is 1.59. The number of aromatic nitrogens is 1. The number of para-hydroxylation sites is 1. The number of nitrogens with one attached hydrogen (secondary N) is 1. The van der Waals surface area contributed by atoms with Crippen LogP contribution in [0.15, 0.2) is 35.7 Å². The molecule has 1 atom stereocenters. The molecule has 2 rings (SSSR count). The minimum absolute atomic E-state index is 0.0412. The van der Waals surface area contributed by atoms with Crippen molar-refractivity contribution in [1.29, 1.82) is 0 Å². The van der Waals surface area contributed by atoms with Crippen molar-refractivity contribution in [3.8, 4) is 5.75 Å². The fourth-order valence-electron chi connectivity index (χ4n) is 1.94. The Morgan fingerprint density at radius 1 is 1.46 bits per heavy atom. The highest BCUT2D eigenvalue weighted by Gasteiger charge is 2.05. The summed E-state index contributed by atoms with van der Waals surface area (Å²) in [5, 5.41) is 14.7. The molecule has 0 aliphatic carbocycles. The number of hydrogen-bond acceptors (Lipinski definition) is 5. The smallest absolute Gasteiger partial charge is 0.244 e. The van der Waals surface area contributed by atoms with Crippen LogP contribution in [-0.2, 0) is 11.4 Å². The molecule has 0 bridgehead atoms. The van der Waals surface area contributed by atoms with Gasteiger partial charge in [-0.2, -0.15) is 0 Å². The third-order valence-electron chi connectivity index (χ3n) is 3.31. The maximum Gasteiger partial charge on any atom is 0.244 e. The first-order valence-electron chi connectivity index (χ1n) is 7.78.